The Hall–Kier alpha value is -0.860. The number of aliphatic hydroxyl groups is 1. The SMILES string of the molecule is CC(O)CC(C)NC(c1ccccc1)C1CCCCC1. The molecule has 3 atom stereocenters. The number of benzene rings is 1. The minimum atomic E-state index is -0.236. The average Bonchev–Trinajstić information content (AvgIpc) is 2.46. The largest absolute Gasteiger partial charge is 0.393 e. The number of rotatable bonds is 6. The highest BCUT2D eigenvalue weighted by atomic mass is 16.3. The van der Waals surface area contributed by atoms with Gasteiger partial charge in [0.05, 0.1) is 6.10 Å². The zero-order valence-corrected chi connectivity index (χ0v) is 12.9. The maximum absolute atomic E-state index is 9.58. The summed E-state index contributed by atoms with van der Waals surface area (Å²) in [4.78, 5) is 0. The molecule has 0 saturated heterocycles. The van der Waals surface area contributed by atoms with Gasteiger partial charge in [0.2, 0.25) is 0 Å². The summed E-state index contributed by atoms with van der Waals surface area (Å²) in [5, 5.41) is 13.4. The summed E-state index contributed by atoms with van der Waals surface area (Å²) < 4.78 is 0. The lowest BCUT2D eigenvalue weighted by Gasteiger charge is -2.34. The molecule has 112 valence electrons. The molecule has 1 aromatic carbocycles. The van der Waals surface area contributed by atoms with Gasteiger partial charge in [-0.1, -0.05) is 49.6 Å². The summed E-state index contributed by atoms with van der Waals surface area (Å²) >= 11 is 0. The number of hydrogen-bond donors (Lipinski definition) is 2. The van der Waals surface area contributed by atoms with E-state index in [4.69, 9.17) is 0 Å². The maximum Gasteiger partial charge on any atom is 0.0526 e. The normalized spacial score (nSPS) is 21.4. The quantitative estimate of drug-likeness (QED) is 0.820. The van der Waals surface area contributed by atoms with E-state index in [1.165, 1.54) is 37.7 Å². The van der Waals surface area contributed by atoms with E-state index in [2.05, 4.69) is 42.6 Å². The molecule has 0 amide bonds. The van der Waals surface area contributed by atoms with Crippen molar-refractivity contribution >= 4 is 0 Å². The molecule has 0 spiro atoms. The highest BCUT2D eigenvalue weighted by Crippen LogP contribution is 2.34. The Morgan fingerprint density at radius 3 is 2.35 bits per heavy atom. The zero-order chi connectivity index (χ0) is 14.4. The first-order chi connectivity index (χ1) is 9.66. The molecule has 0 aromatic heterocycles. The molecule has 0 radical (unpaired) electrons. The van der Waals surface area contributed by atoms with Gasteiger partial charge in [-0.3, -0.25) is 0 Å². The van der Waals surface area contributed by atoms with Gasteiger partial charge < -0.3 is 10.4 Å². The van der Waals surface area contributed by atoms with Gasteiger partial charge in [0, 0.05) is 12.1 Å². The molecule has 20 heavy (non-hydrogen) atoms. The minimum absolute atomic E-state index is 0.236. The molecule has 1 aromatic rings. The van der Waals surface area contributed by atoms with Crippen LogP contribution in [0.15, 0.2) is 30.3 Å². The maximum atomic E-state index is 9.58. The topological polar surface area (TPSA) is 32.3 Å². The summed E-state index contributed by atoms with van der Waals surface area (Å²) in [6.07, 6.45) is 7.35. The summed E-state index contributed by atoms with van der Waals surface area (Å²) in [6, 6.07) is 11.6. The Labute approximate surface area is 123 Å². The van der Waals surface area contributed by atoms with E-state index in [9.17, 15) is 5.11 Å². The first kappa shape index (κ1) is 15.5. The van der Waals surface area contributed by atoms with E-state index in [0.29, 0.717) is 12.1 Å². The molecule has 1 saturated carbocycles. The highest BCUT2D eigenvalue weighted by Gasteiger charge is 2.26. The lowest BCUT2D eigenvalue weighted by atomic mass is 9.80. The van der Waals surface area contributed by atoms with Gasteiger partial charge in [0.1, 0.15) is 0 Å². The molecular weight excluding hydrogens is 246 g/mol. The molecule has 2 heteroatoms. The third kappa shape index (κ3) is 4.60. The van der Waals surface area contributed by atoms with Gasteiger partial charge in [-0.25, -0.2) is 0 Å². The van der Waals surface area contributed by atoms with Crippen molar-refractivity contribution in [3.8, 4) is 0 Å². The molecule has 1 aliphatic carbocycles. The van der Waals surface area contributed by atoms with Crippen LogP contribution < -0.4 is 5.32 Å². The molecule has 2 rings (SSSR count). The Balaban J connectivity index is 2.07. The van der Waals surface area contributed by atoms with Crippen LogP contribution in [0.4, 0.5) is 0 Å². The second kappa shape index (κ2) is 7.80. The number of aliphatic hydroxyl groups excluding tert-OH is 1. The average molecular weight is 275 g/mol. The Kier molecular flexibility index (Phi) is 6.06. The Morgan fingerprint density at radius 1 is 1.10 bits per heavy atom. The minimum Gasteiger partial charge on any atom is -0.393 e. The van der Waals surface area contributed by atoms with Crippen LogP contribution in [0.2, 0.25) is 0 Å². The summed E-state index contributed by atoms with van der Waals surface area (Å²) in [7, 11) is 0. The van der Waals surface area contributed by atoms with Crippen LogP contribution >= 0.6 is 0 Å². The van der Waals surface area contributed by atoms with Crippen molar-refractivity contribution < 1.29 is 5.11 Å². The smallest absolute Gasteiger partial charge is 0.0526 e. The second-order valence-corrected chi connectivity index (χ2v) is 6.44. The second-order valence-electron chi connectivity index (χ2n) is 6.44. The van der Waals surface area contributed by atoms with Gasteiger partial charge >= 0.3 is 0 Å². The van der Waals surface area contributed by atoms with Crippen molar-refractivity contribution in [3.63, 3.8) is 0 Å². The number of hydrogen-bond acceptors (Lipinski definition) is 2. The molecule has 0 aliphatic heterocycles. The molecular formula is C18H29NO. The van der Waals surface area contributed by atoms with E-state index >= 15 is 0 Å². The summed E-state index contributed by atoms with van der Waals surface area (Å²) in [5.41, 5.74) is 1.40. The molecule has 0 bridgehead atoms. The number of nitrogens with one attached hydrogen (secondary N) is 1. The fourth-order valence-corrected chi connectivity index (χ4v) is 3.52. The van der Waals surface area contributed by atoms with Crippen LogP contribution in [-0.2, 0) is 0 Å². The fraction of sp³-hybridized carbons (Fsp3) is 0.667. The third-order valence-corrected chi connectivity index (χ3v) is 4.44. The first-order valence-corrected chi connectivity index (χ1v) is 8.16. The van der Waals surface area contributed by atoms with E-state index in [-0.39, 0.29) is 6.10 Å². The van der Waals surface area contributed by atoms with Crippen molar-refractivity contribution in [3.05, 3.63) is 35.9 Å². The Bertz CT molecular complexity index is 370. The van der Waals surface area contributed by atoms with Crippen LogP contribution in [0.1, 0.15) is 64.0 Å². The van der Waals surface area contributed by atoms with E-state index in [1.807, 2.05) is 6.92 Å². The van der Waals surface area contributed by atoms with Gasteiger partial charge in [-0.15, -0.1) is 0 Å². The molecule has 0 heterocycles. The van der Waals surface area contributed by atoms with Crippen molar-refractivity contribution in [2.75, 3.05) is 0 Å². The molecule has 1 aliphatic rings. The van der Waals surface area contributed by atoms with Crippen LogP contribution in [0.25, 0.3) is 0 Å². The van der Waals surface area contributed by atoms with Gasteiger partial charge in [-0.2, -0.15) is 0 Å². The van der Waals surface area contributed by atoms with Crippen LogP contribution in [0.5, 0.6) is 0 Å². The van der Waals surface area contributed by atoms with E-state index in [0.717, 1.165) is 12.3 Å². The van der Waals surface area contributed by atoms with Gasteiger partial charge in [0.15, 0.2) is 0 Å². The lowest BCUT2D eigenvalue weighted by Crippen LogP contribution is -2.37. The molecule has 3 unspecified atom stereocenters. The van der Waals surface area contributed by atoms with Crippen molar-refractivity contribution in [1.29, 1.82) is 0 Å². The van der Waals surface area contributed by atoms with Gasteiger partial charge in [0.25, 0.3) is 0 Å². The van der Waals surface area contributed by atoms with Crippen LogP contribution in [0, 0.1) is 5.92 Å². The van der Waals surface area contributed by atoms with E-state index < -0.39 is 0 Å². The Morgan fingerprint density at radius 2 is 1.75 bits per heavy atom. The van der Waals surface area contributed by atoms with Crippen molar-refractivity contribution in [2.24, 2.45) is 5.92 Å². The molecule has 2 N–H and O–H groups in total. The monoisotopic (exact) mass is 275 g/mol. The third-order valence-electron chi connectivity index (χ3n) is 4.44. The zero-order valence-electron chi connectivity index (χ0n) is 12.9. The fourth-order valence-electron chi connectivity index (χ4n) is 3.52. The van der Waals surface area contributed by atoms with Crippen LogP contribution in [-0.4, -0.2) is 17.3 Å². The highest BCUT2D eigenvalue weighted by molar-refractivity contribution is 5.20. The molecule has 2 nitrogen and oxygen atoms in total. The summed E-state index contributed by atoms with van der Waals surface area (Å²) in [5.74, 6) is 0.739. The predicted molar refractivity (Wildman–Crippen MR) is 84.7 cm³/mol. The van der Waals surface area contributed by atoms with Crippen molar-refractivity contribution in [2.45, 2.75) is 70.6 Å². The standard InChI is InChI=1S/C18H29NO/c1-14(13-15(2)20)19-18(16-9-5-3-6-10-16)17-11-7-4-8-12-17/h3,5-6,9-10,14-15,17-20H,4,7-8,11-13H2,1-2H3. The lowest BCUT2D eigenvalue weighted by molar-refractivity contribution is 0.160. The van der Waals surface area contributed by atoms with E-state index in [1.54, 1.807) is 0 Å². The molecule has 1 fully saturated rings. The predicted octanol–water partition coefficient (Wildman–Crippen LogP) is 4.06. The van der Waals surface area contributed by atoms with Gasteiger partial charge in [-0.05, 0) is 44.6 Å². The first-order valence-electron chi connectivity index (χ1n) is 8.16. The summed E-state index contributed by atoms with van der Waals surface area (Å²) in [6.45, 7) is 4.06. The van der Waals surface area contributed by atoms with Crippen LogP contribution in [0.3, 0.4) is 0 Å². The van der Waals surface area contributed by atoms with Crippen molar-refractivity contribution in [1.82, 2.24) is 5.32 Å².